The van der Waals surface area contributed by atoms with Gasteiger partial charge in [0.1, 0.15) is 17.1 Å². The molecule has 13 nitrogen and oxygen atoms in total. The lowest BCUT2D eigenvalue weighted by molar-refractivity contribution is 0.0240. The van der Waals surface area contributed by atoms with Gasteiger partial charge in [0.05, 0.1) is 16.3 Å². The first-order chi connectivity index (χ1) is 21.7. The molecule has 46 heavy (non-hydrogen) atoms. The van der Waals surface area contributed by atoms with Crippen LogP contribution < -0.4 is 9.62 Å². The van der Waals surface area contributed by atoms with E-state index >= 15 is 4.39 Å². The molecule has 0 spiro atoms. The van der Waals surface area contributed by atoms with E-state index in [9.17, 15) is 18.0 Å². The van der Waals surface area contributed by atoms with Crippen molar-refractivity contribution in [2.24, 2.45) is 0 Å². The molecule has 3 aromatic heterocycles. The third-order valence-corrected chi connectivity index (χ3v) is 9.32. The number of piperazine rings is 1. The molecule has 1 amide bonds. The van der Waals surface area contributed by atoms with Gasteiger partial charge < -0.3 is 19.5 Å². The molecule has 1 aromatic carbocycles. The quantitative estimate of drug-likeness (QED) is 0.253. The Kier molecular flexibility index (Phi) is 9.20. The molecule has 16 heteroatoms. The van der Waals surface area contributed by atoms with E-state index in [4.69, 9.17) is 16.3 Å². The number of aromatic nitrogens is 4. The molecule has 1 aliphatic rings. The van der Waals surface area contributed by atoms with Gasteiger partial charge in [0.2, 0.25) is 5.95 Å². The van der Waals surface area contributed by atoms with Crippen LogP contribution in [0.2, 0.25) is 5.02 Å². The third kappa shape index (κ3) is 6.90. The lowest BCUT2D eigenvalue weighted by Crippen LogP contribution is -2.50. The number of nitrogens with one attached hydrogen (secondary N) is 2. The molecule has 0 unspecified atom stereocenters. The van der Waals surface area contributed by atoms with Gasteiger partial charge in [0.15, 0.2) is 5.78 Å². The van der Waals surface area contributed by atoms with E-state index in [0.29, 0.717) is 54.3 Å². The van der Waals surface area contributed by atoms with Crippen LogP contribution in [0, 0.1) is 5.82 Å². The Morgan fingerprint density at radius 3 is 2.37 bits per heavy atom. The van der Waals surface area contributed by atoms with Crippen molar-refractivity contribution in [3.05, 3.63) is 65.0 Å². The molecule has 2 N–H and O–H groups in total. The van der Waals surface area contributed by atoms with Crippen LogP contribution in [0.1, 0.15) is 43.6 Å². The fourth-order valence-corrected chi connectivity index (χ4v) is 6.05. The SMILES string of the molecule is CCN(C)S(=O)(=O)Nc1ccc(F)c(C(=O)c2c[nH]c3ncc(-c4cnc(N5CCN(C(=O)OC(C)(C)C)CC5)nc4)cc23)c1Cl. The number of hydrogen-bond donors (Lipinski definition) is 2. The van der Waals surface area contributed by atoms with Gasteiger partial charge >= 0.3 is 16.3 Å². The second kappa shape index (κ2) is 12.8. The minimum absolute atomic E-state index is 0.0937. The molecular formula is C30H34ClFN8O5S. The second-order valence-corrected chi connectivity index (χ2v) is 13.8. The van der Waals surface area contributed by atoms with Crippen LogP contribution in [0.25, 0.3) is 22.2 Å². The molecule has 244 valence electrons. The fourth-order valence-electron chi connectivity index (χ4n) is 4.76. The number of benzene rings is 1. The summed E-state index contributed by atoms with van der Waals surface area (Å²) in [5, 5.41) is 0.0319. The minimum Gasteiger partial charge on any atom is -0.444 e. The van der Waals surface area contributed by atoms with Gasteiger partial charge in [0, 0.05) is 86.6 Å². The van der Waals surface area contributed by atoms with E-state index in [1.807, 2.05) is 25.7 Å². The van der Waals surface area contributed by atoms with E-state index in [1.165, 1.54) is 13.2 Å². The van der Waals surface area contributed by atoms with E-state index in [-0.39, 0.29) is 28.9 Å². The van der Waals surface area contributed by atoms with E-state index in [2.05, 4.69) is 24.7 Å². The molecule has 1 saturated heterocycles. The Morgan fingerprint density at radius 2 is 1.74 bits per heavy atom. The summed E-state index contributed by atoms with van der Waals surface area (Å²) in [5.74, 6) is -1.16. The molecule has 4 aromatic rings. The Labute approximate surface area is 270 Å². The van der Waals surface area contributed by atoms with Crippen molar-refractivity contribution in [3.8, 4) is 11.1 Å². The van der Waals surface area contributed by atoms with Gasteiger partial charge in [0.25, 0.3) is 0 Å². The van der Waals surface area contributed by atoms with Gasteiger partial charge in [-0.1, -0.05) is 18.5 Å². The predicted molar refractivity (Wildman–Crippen MR) is 173 cm³/mol. The van der Waals surface area contributed by atoms with E-state index in [1.54, 1.807) is 36.5 Å². The number of H-pyrrole nitrogens is 1. The van der Waals surface area contributed by atoms with Crippen molar-refractivity contribution in [3.63, 3.8) is 0 Å². The molecule has 0 radical (unpaired) electrons. The zero-order valence-corrected chi connectivity index (χ0v) is 27.5. The van der Waals surface area contributed by atoms with Crippen molar-refractivity contribution in [2.75, 3.05) is 49.4 Å². The van der Waals surface area contributed by atoms with E-state index < -0.39 is 33.0 Å². The predicted octanol–water partition coefficient (Wildman–Crippen LogP) is 4.71. The zero-order chi connectivity index (χ0) is 33.4. The van der Waals surface area contributed by atoms with Crippen LogP contribution in [0.15, 0.2) is 43.0 Å². The lowest BCUT2D eigenvalue weighted by atomic mass is 10.0. The summed E-state index contributed by atoms with van der Waals surface area (Å²) in [6.45, 7) is 9.35. The smallest absolute Gasteiger partial charge is 0.410 e. The average Bonchev–Trinajstić information content (AvgIpc) is 3.45. The number of aromatic amines is 1. The van der Waals surface area contributed by atoms with Crippen LogP contribution in [0.5, 0.6) is 0 Å². The Morgan fingerprint density at radius 1 is 1.09 bits per heavy atom. The van der Waals surface area contributed by atoms with Crippen LogP contribution in [-0.4, -0.2) is 94.8 Å². The number of hydrogen-bond acceptors (Lipinski definition) is 9. The summed E-state index contributed by atoms with van der Waals surface area (Å²) in [6.07, 6.45) is 5.92. The number of ketones is 1. The number of amides is 1. The lowest BCUT2D eigenvalue weighted by Gasteiger charge is -2.35. The summed E-state index contributed by atoms with van der Waals surface area (Å²) in [4.78, 5) is 46.0. The molecule has 1 aliphatic heterocycles. The molecule has 4 heterocycles. The molecule has 0 saturated carbocycles. The number of fused-ring (bicyclic) bond motifs is 1. The van der Waals surface area contributed by atoms with Crippen LogP contribution in [0.3, 0.4) is 0 Å². The maximum Gasteiger partial charge on any atom is 0.410 e. The normalized spacial score (nSPS) is 14.2. The number of anilines is 2. The van der Waals surface area contributed by atoms with Crippen LogP contribution in [-0.2, 0) is 14.9 Å². The third-order valence-electron chi connectivity index (χ3n) is 7.37. The Bertz CT molecular complexity index is 1890. The van der Waals surface area contributed by atoms with Crippen molar-refractivity contribution in [1.82, 2.24) is 29.1 Å². The standard InChI is InChI=1S/C30H34ClFN8O5S/c1-6-38(5)46(43,44)37-23-8-7-22(32)24(25(23)31)26(41)21-17-34-27-20(21)13-18(14-33-27)19-15-35-28(36-16-19)39-9-11-40(12-10-39)29(42)45-30(2,3)4/h7-8,13-17,37H,6,9-12H2,1-5H3,(H,33,34). The van der Waals surface area contributed by atoms with Gasteiger partial charge in [-0.25, -0.2) is 24.1 Å². The summed E-state index contributed by atoms with van der Waals surface area (Å²) < 4.78 is 48.9. The van der Waals surface area contributed by atoms with E-state index in [0.717, 1.165) is 16.4 Å². The van der Waals surface area contributed by atoms with Gasteiger partial charge in [-0.05, 0) is 39.0 Å². The number of halogens is 2. The highest BCUT2D eigenvalue weighted by Gasteiger charge is 2.28. The molecule has 0 bridgehead atoms. The molecular weight excluding hydrogens is 639 g/mol. The van der Waals surface area contributed by atoms with Crippen molar-refractivity contribution >= 4 is 56.4 Å². The summed E-state index contributed by atoms with van der Waals surface area (Å²) in [7, 11) is -2.60. The molecule has 1 fully saturated rings. The fraction of sp³-hybridized carbons (Fsp3) is 0.367. The van der Waals surface area contributed by atoms with Crippen LogP contribution in [0.4, 0.5) is 20.8 Å². The monoisotopic (exact) mass is 672 g/mol. The largest absolute Gasteiger partial charge is 0.444 e. The van der Waals surface area contributed by atoms with Gasteiger partial charge in [-0.15, -0.1) is 0 Å². The second-order valence-electron chi connectivity index (χ2n) is 11.7. The molecule has 0 atom stereocenters. The number of rotatable bonds is 8. The van der Waals surface area contributed by atoms with Crippen molar-refractivity contribution in [2.45, 2.75) is 33.3 Å². The Balaban J connectivity index is 1.36. The number of carbonyl (C=O) groups excluding carboxylic acids is 2. The number of nitrogens with zero attached hydrogens (tertiary/aromatic N) is 6. The number of pyridine rings is 1. The highest BCUT2D eigenvalue weighted by Crippen LogP contribution is 2.33. The van der Waals surface area contributed by atoms with Gasteiger partial charge in [-0.3, -0.25) is 9.52 Å². The number of carbonyl (C=O) groups is 2. The topological polar surface area (TPSA) is 154 Å². The van der Waals surface area contributed by atoms with Crippen molar-refractivity contribution in [1.29, 1.82) is 0 Å². The maximum absolute atomic E-state index is 15.0. The Hall–Kier alpha value is -4.34. The summed E-state index contributed by atoms with van der Waals surface area (Å²) in [5.41, 5.74) is 0.536. The zero-order valence-electron chi connectivity index (χ0n) is 26.0. The van der Waals surface area contributed by atoms with Crippen LogP contribution >= 0.6 is 11.6 Å². The highest BCUT2D eigenvalue weighted by molar-refractivity contribution is 7.90. The number of ether oxygens (including phenoxy) is 1. The minimum atomic E-state index is -3.98. The summed E-state index contributed by atoms with van der Waals surface area (Å²) in [6, 6.07) is 3.85. The first kappa shape index (κ1) is 33.0. The molecule has 0 aliphatic carbocycles. The average molecular weight is 673 g/mol. The molecule has 5 rings (SSSR count). The first-order valence-electron chi connectivity index (χ1n) is 14.5. The highest BCUT2D eigenvalue weighted by atomic mass is 35.5. The first-order valence-corrected chi connectivity index (χ1v) is 16.3. The van der Waals surface area contributed by atoms with Crippen molar-refractivity contribution < 1.29 is 27.1 Å². The van der Waals surface area contributed by atoms with Gasteiger partial charge in [-0.2, -0.15) is 12.7 Å². The maximum atomic E-state index is 15.0. The summed E-state index contributed by atoms with van der Waals surface area (Å²) >= 11 is 6.41.